The van der Waals surface area contributed by atoms with E-state index in [1.54, 1.807) is 19.1 Å². The Morgan fingerprint density at radius 3 is 3.00 bits per heavy atom. The van der Waals surface area contributed by atoms with E-state index in [1.807, 2.05) is 24.0 Å². The molecule has 1 aliphatic rings. The van der Waals surface area contributed by atoms with E-state index in [9.17, 15) is 14.7 Å². The fourth-order valence-electron chi connectivity index (χ4n) is 3.21. The SMILES string of the molecule is CC#CC[C@H](C)[C@H](O)C=CC1CCC(=O)N1CCCc1ccc(C(=O)OC)s1. The van der Waals surface area contributed by atoms with Gasteiger partial charge < -0.3 is 14.7 Å². The highest BCUT2D eigenvalue weighted by molar-refractivity contribution is 7.13. The first-order valence-electron chi connectivity index (χ1n) is 9.68. The van der Waals surface area contributed by atoms with Gasteiger partial charge in [-0.1, -0.05) is 19.1 Å². The van der Waals surface area contributed by atoms with Crippen molar-refractivity contribution in [3.05, 3.63) is 34.0 Å². The van der Waals surface area contributed by atoms with Crippen molar-refractivity contribution in [3.8, 4) is 11.8 Å². The minimum absolute atomic E-state index is 0.0422. The maximum atomic E-state index is 12.2. The first-order chi connectivity index (χ1) is 13.5. The Bertz CT molecular complexity index is 758. The molecular weight excluding hydrogens is 374 g/mol. The molecule has 152 valence electrons. The lowest BCUT2D eigenvalue weighted by Crippen LogP contribution is -2.33. The topological polar surface area (TPSA) is 66.8 Å². The molecule has 1 saturated heterocycles. The van der Waals surface area contributed by atoms with Crippen LogP contribution in [0.2, 0.25) is 0 Å². The first-order valence-corrected chi connectivity index (χ1v) is 10.5. The number of methoxy groups -OCH3 is 1. The Balaban J connectivity index is 1.86. The molecule has 5 nitrogen and oxygen atoms in total. The van der Waals surface area contributed by atoms with Gasteiger partial charge in [0.1, 0.15) is 4.88 Å². The number of hydrogen-bond donors (Lipinski definition) is 1. The highest BCUT2D eigenvalue weighted by Gasteiger charge is 2.28. The number of likely N-dealkylation sites (tertiary alicyclic amines) is 1. The minimum atomic E-state index is -0.554. The van der Waals surface area contributed by atoms with Crippen molar-refractivity contribution in [1.82, 2.24) is 4.90 Å². The van der Waals surface area contributed by atoms with E-state index >= 15 is 0 Å². The summed E-state index contributed by atoms with van der Waals surface area (Å²) in [6.07, 6.45) is 6.86. The van der Waals surface area contributed by atoms with Crippen molar-refractivity contribution < 1.29 is 19.4 Å². The zero-order valence-corrected chi connectivity index (χ0v) is 17.6. The maximum Gasteiger partial charge on any atom is 0.348 e. The molecule has 1 aliphatic heterocycles. The van der Waals surface area contributed by atoms with Crippen molar-refractivity contribution in [1.29, 1.82) is 0 Å². The van der Waals surface area contributed by atoms with Crippen molar-refractivity contribution in [2.75, 3.05) is 13.7 Å². The smallest absolute Gasteiger partial charge is 0.348 e. The average Bonchev–Trinajstić information content (AvgIpc) is 3.31. The Hall–Kier alpha value is -2.10. The lowest BCUT2D eigenvalue weighted by molar-refractivity contribution is -0.128. The van der Waals surface area contributed by atoms with Gasteiger partial charge in [-0.15, -0.1) is 23.2 Å². The normalized spacial score (nSPS) is 18.8. The van der Waals surface area contributed by atoms with Crippen LogP contribution in [-0.4, -0.2) is 47.7 Å². The van der Waals surface area contributed by atoms with E-state index in [0.29, 0.717) is 24.3 Å². The second-order valence-electron chi connectivity index (χ2n) is 7.04. The number of carbonyl (C=O) groups excluding carboxylic acids is 2. The molecule has 0 spiro atoms. The molecule has 2 heterocycles. The minimum Gasteiger partial charge on any atom is -0.465 e. The largest absolute Gasteiger partial charge is 0.465 e. The maximum absolute atomic E-state index is 12.2. The molecule has 2 rings (SSSR count). The van der Waals surface area contributed by atoms with E-state index < -0.39 is 6.10 Å². The van der Waals surface area contributed by atoms with E-state index in [2.05, 4.69) is 11.8 Å². The summed E-state index contributed by atoms with van der Waals surface area (Å²) in [5.41, 5.74) is 0. The second-order valence-corrected chi connectivity index (χ2v) is 8.21. The third kappa shape index (κ3) is 6.22. The van der Waals surface area contributed by atoms with Crippen LogP contribution < -0.4 is 0 Å². The lowest BCUT2D eigenvalue weighted by Gasteiger charge is -2.23. The molecule has 0 bridgehead atoms. The van der Waals surface area contributed by atoms with Gasteiger partial charge in [-0.25, -0.2) is 4.79 Å². The Labute approximate surface area is 171 Å². The van der Waals surface area contributed by atoms with Gasteiger partial charge in [-0.05, 0) is 44.2 Å². The van der Waals surface area contributed by atoms with Gasteiger partial charge in [-0.2, -0.15) is 0 Å². The monoisotopic (exact) mass is 403 g/mol. The predicted molar refractivity (Wildman–Crippen MR) is 111 cm³/mol. The summed E-state index contributed by atoms with van der Waals surface area (Å²) in [4.78, 5) is 27.4. The van der Waals surface area contributed by atoms with Gasteiger partial charge in [0, 0.05) is 24.3 Å². The summed E-state index contributed by atoms with van der Waals surface area (Å²) in [7, 11) is 1.38. The summed E-state index contributed by atoms with van der Waals surface area (Å²) in [5, 5.41) is 10.3. The van der Waals surface area contributed by atoms with Crippen LogP contribution in [-0.2, 0) is 16.0 Å². The van der Waals surface area contributed by atoms with Crippen LogP contribution >= 0.6 is 11.3 Å². The van der Waals surface area contributed by atoms with Gasteiger partial charge in [0.15, 0.2) is 0 Å². The number of thiophene rings is 1. The van der Waals surface area contributed by atoms with Crippen LogP contribution in [0.3, 0.4) is 0 Å². The molecule has 0 saturated carbocycles. The first kappa shape index (κ1) is 22.2. The van der Waals surface area contributed by atoms with Crippen LogP contribution in [0, 0.1) is 17.8 Å². The third-order valence-electron chi connectivity index (χ3n) is 4.96. The van der Waals surface area contributed by atoms with E-state index in [-0.39, 0.29) is 23.8 Å². The van der Waals surface area contributed by atoms with Crippen molar-refractivity contribution in [3.63, 3.8) is 0 Å². The van der Waals surface area contributed by atoms with Gasteiger partial charge in [0.25, 0.3) is 0 Å². The van der Waals surface area contributed by atoms with Crippen molar-refractivity contribution in [2.45, 2.75) is 58.1 Å². The number of aryl methyl sites for hydroxylation is 1. The Morgan fingerprint density at radius 1 is 1.50 bits per heavy atom. The van der Waals surface area contributed by atoms with Gasteiger partial charge in [0.2, 0.25) is 5.91 Å². The summed E-state index contributed by atoms with van der Waals surface area (Å²) in [5.74, 6) is 5.76. The third-order valence-corrected chi connectivity index (χ3v) is 6.08. The number of aliphatic hydroxyl groups is 1. The van der Waals surface area contributed by atoms with Crippen LogP contribution in [0.5, 0.6) is 0 Å². The zero-order chi connectivity index (χ0) is 20.5. The standard InChI is InChI=1S/C22H29NO4S/c1-4-5-7-16(2)19(24)12-9-17-10-14-21(25)23(17)15-6-8-18-11-13-20(28-18)22(26)27-3/h9,11-13,16-17,19,24H,6-8,10,14-15H2,1-3H3/t16-,17?,19+/m0/s1. The molecule has 3 atom stereocenters. The number of carbonyl (C=O) groups is 2. The number of amides is 1. The number of esters is 1. The number of rotatable bonds is 9. The molecule has 1 aromatic rings. The van der Waals surface area contributed by atoms with Gasteiger partial charge >= 0.3 is 5.97 Å². The molecular formula is C22H29NO4S. The number of nitrogens with zero attached hydrogens (tertiary/aromatic N) is 1. The zero-order valence-electron chi connectivity index (χ0n) is 16.8. The molecule has 1 unspecified atom stereocenters. The second kappa shape index (κ2) is 11.0. The fraction of sp³-hybridized carbons (Fsp3) is 0.545. The number of ether oxygens (including phenoxy) is 1. The molecule has 0 aliphatic carbocycles. The van der Waals surface area contributed by atoms with E-state index in [0.717, 1.165) is 24.1 Å². The molecule has 1 fully saturated rings. The van der Waals surface area contributed by atoms with Crippen LogP contribution in [0.1, 0.15) is 54.1 Å². The van der Waals surface area contributed by atoms with Gasteiger partial charge in [0.05, 0.1) is 19.3 Å². The highest BCUT2D eigenvalue weighted by Crippen LogP contribution is 2.23. The van der Waals surface area contributed by atoms with Crippen LogP contribution in [0.4, 0.5) is 0 Å². The fourth-order valence-corrected chi connectivity index (χ4v) is 4.18. The number of aliphatic hydroxyl groups excluding tert-OH is 1. The quantitative estimate of drug-likeness (QED) is 0.390. The summed E-state index contributed by atoms with van der Waals surface area (Å²) in [6, 6.07) is 3.77. The van der Waals surface area contributed by atoms with Crippen molar-refractivity contribution >= 4 is 23.2 Å². The van der Waals surface area contributed by atoms with E-state index in [4.69, 9.17) is 4.74 Å². The summed E-state index contributed by atoms with van der Waals surface area (Å²) >= 11 is 1.44. The van der Waals surface area contributed by atoms with Crippen molar-refractivity contribution in [2.24, 2.45) is 5.92 Å². The summed E-state index contributed by atoms with van der Waals surface area (Å²) in [6.45, 7) is 4.44. The predicted octanol–water partition coefficient (Wildman–Crippen LogP) is 3.42. The molecule has 1 N–H and O–H groups in total. The Kier molecular flexibility index (Phi) is 8.75. The molecule has 0 radical (unpaired) electrons. The lowest BCUT2D eigenvalue weighted by atomic mass is 10.00. The summed E-state index contributed by atoms with van der Waals surface area (Å²) < 4.78 is 4.73. The molecule has 6 heteroatoms. The van der Waals surface area contributed by atoms with E-state index in [1.165, 1.54) is 18.4 Å². The molecule has 0 aromatic carbocycles. The molecule has 28 heavy (non-hydrogen) atoms. The number of hydrogen-bond acceptors (Lipinski definition) is 5. The van der Waals surface area contributed by atoms with Crippen LogP contribution in [0.15, 0.2) is 24.3 Å². The van der Waals surface area contributed by atoms with Crippen LogP contribution in [0.25, 0.3) is 0 Å². The Morgan fingerprint density at radius 2 is 2.29 bits per heavy atom. The molecule has 1 aromatic heterocycles. The highest BCUT2D eigenvalue weighted by atomic mass is 32.1. The molecule has 1 amide bonds. The van der Waals surface area contributed by atoms with Gasteiger partial charge in [-0.3, -0.25) is 4.79 Å². The average molecular weight is 404 g/mol.